The summed E-state index contributed by atoms with van der Waals surface area (Å²) >= 11 is 0. The van der Waals surface area contributed by atoms with Crippen LogP contribution in [0.25, 0.3) is 0 Å². The Morgan fingerprint density at radius 3 is 2.61 bits per heavy atom. The van der Waals surface area contributed by atoms with Crippen molar-refractivity contribution in [1.82, 2.24) is 4.98 Å². The molecule has 2 rings (SSSR count). The maximum absolute atomic E-state index is 11.9. The summed E-state index contributed by atoms with van der Waals surface area (Å²) in [5.74, 6) is -0.294. The first-order chi connectivity index (χ1) is 8.70. The monoisotopic (exact) mass is 241 g/mol. The predicted octanol–water partition coefficient (Wildman–Crippen LogP) is 2.48. The molecule has 2 aromatic rings. The van der Waals surface area contributed by atoms with E-state index in [1.165, 1.54) is 5.56 Å². The van der Waals surface area contributed by atoms with E-state index in [2.05, 4.69) is 17.2 Å². The molecule has 0 spiro atoms. The van der Waals surface area contributed by atoms with Gasteiger partial charge in [-0.05, 0) is 36.2 Å². The first-order valence-electron chi connectivity index (χ1n) is 5.81. The van der Waals surface area contributed by atoms with E-state index >= 15 is 0 Å². The molecule has 1 amide bonds. The van der Waals surface area contributed by atoms with Crippen molar-refractivity contribution in [2.45, 2.75) is 13.3 Å². The minimum atomic E-state index is -0.294. The van der Waals surface area contributed by atoms with E-state index in [1.807, 2.05) is 24.3 Å². The van der Waals surface area contributed by atoms with Gasteiger partial charge in [-0.25, -0.2) is 4.98 Å². The van der Waals surface area contributed by atoms with Gasteiger partial charge in [-0.15, -0.1) is 0 Å². The van der Waals surface area contributed by atoms with Gasteiger partial charge in [0.05, 0.1) is 5.69 Å². The maximum atomic E-state index is 11.9. The van der Waals surface area contributed by atoms with Gasteiger partial charge in [0.15, 0.2) is 5.69 Å². The summed E-state index contributed by atoms with van der Waals surface area (Å²) in [6.07, 6.45) is 2.52. The van der Waals surface area contributed by atoms with Gasteiger partial charge in [-0.1, -0.05) is 19.1 Å². The fraction of sp³-hybridized carbons (Fsp3) is 0.143. The van der Waals surface area contributed by atoms with Gasteiger partial charge in [-0.3, -0.25) is 4.79 Å². The summed E-state index contributed by atoms with van der Waals surface area (Å²) in [5.41, 5.74) is 8.29. The summed E-state index contributed by atoms with van der Waals surface area (Å²) in [6, 6.07) is 11.1. The van der Waals surface area contributed by atoms with E-state index in [-0.39, 0.29) is 11.6 Å². The second-order valence-electron chi connectivity index (χ2n) is 3.95. The summed E-state index contributed by atoms with van der Waals surface area (Å²) in [6.45, 7) is 2.09. The molecule has 3 N–H and O–H groups in total. The molecule has 18 heavy (non-hydrogen) atoms. The Labute approximate surface area is 106 Å². The number of hydrogen-bond acceptors (Lipinski definition) is 3. The van der Waals surface area contributed by atoms with Crippen LogP contribution < -0.4 is 11.1 Å². The molecule has 1 heterocycles. The largest absolute Gasteiger partial charge is 0.397 e. The molecule has 0 bridgehead atoms. The number of nitrogens with one attached hydrogen (secondary N) is 1. The van der Waals surface area contributed by atoms with E-state index < -0.39 is 0 Å². The van der Waals surface area contributed by atoms with E-state index in [4.69, 9.17) is 5.73 Å². The average Bonchev–Trinajstić information content (AvgIpc) is 2.40. The number of carbonyl (C=O) groups excluding carboxylic acids is 1. The van der Waals surface area contributed by atoms with Crippen molar-refractivity contribution in [2.24, 2.45) is 0 Å². The highest BCUT2D eigenvalue weighted by atomic mass is 16.1. The summed E-state index contributed by atoms with van der Waals surface area (Å²) in [7, 11) is 0. The number of rotatable bonds is 3. The van der Waals surface area contributed by atoms with Crippen LogP contribution >= 0.6 is 0 Å². The highest BCUT2D eigenvalue weighted by Gasteiger charge is 2.10. The van der Waals surface area contributed by atoms with E-state index in [1.54, 1.807) is 18.3 Å². The van der Waals surface area contributed by atoms with Crippen LogP contribution in [0.4, 0.5) is 11.4 Å². The third-order valence-electron chi connectivity index (χ3n) is 2.67. The first kappa shape index (κ1) is 12.1. The molecule has 0 radical (unpaired) electrons. The van der Waals surface area contributed by atoms with Crippen molar-refractivity contribution >= 4 is 17.3 Å². The average molecular weight is 241 g/mol. The number of amides is 1. The Kier molecular flexibility index (Phi) is 3.57. The third kappa shape index (κ3) is 2.66. The van der Waals surface area contributed by atoms with E-state index in [0.717, 1.165) is 12.1 Å². The summed E-state index contributed by atoms with van der Waals surface area (Å²) in [5, 5.41) is 2.77. The molecule has 0 aliphatic rings. The molecule has 0 atom stereocenters. The zero-order valence-corrected chi connectivity index (χ0v) is 10.2. The predicted molar refractivity (Wildman–Crippen MR) is 72.4 cm³/mol. The molecule has 1 aromatic heterocycles. The molecule has 0 aliphatic heterocycles. The molecule has 0 saturated carbocycles. The lowest BCUT2D eigenvalue weighted by atomic mass is 10.1. The zero-order chi connectivity index (χ0) is 13.0. The second-order valence-corrected chi connectivity index (χ2v) is 3.95. The van der Waals surface area contributed by atoms with Crippen molar-refractivity contribution in [3.63, 3.8) is 0 Å². The van der Waals surface area contributed by atoms with Crippen LogP contribution in [0.3, 0.4) is 0 Å². The van der Waals surface area contributed by atoms with Gasteiger partial charge in [0, 0.05) is 11.9 Å². The fourth-order valence-electron chi connectivity index (χ4n) is 1.62. The number of nitrogens with two attached hydrogens (primary N) is 1. The van der Waals surface area contributed by atoms with Gasteiger partial charge >= 0.3 is 0 Å². The van der Waals surface area contributed by atoms with Crippen LogP contribution in [0.5, 0.6) is 0 Å². The number of anilines is 2. The van der Waals surface area contributed by atoms with Gasteiger partial charge in [0.1, 0.15) is 0 Å². The van der Waals surface area contributed by atoms with Crippen LogP contribution in [-0.4, -0.2) is 10.9 Å². The number of pyridine rings is 1. The Bertz CT molecular complexity index is 549. The minimum Gasteiger partial charge on any atom is -0.397 e. The molecule has 0 unspecified atom stereocenters. The first-order valence-corrected chi connectivity index (χ1v) is 5.81. The Balaban J connectivity index is 2.14. The molecular weight excluding hydrogens is 226 g/mol. The van der Waals surface area contributed by atoms with Crippen LogP contribution in [0, 0.1) is 0 Å². The van der Waals surface area contributed by atoms with Crippen molar-refractivity contribution in [1.29, 1.82) is 0 Å². The Morgan fingerprint density at radius 1 is 1.28 bits per heavy atom. The molecule has 4 nitrogen and oxygen atoms in total. The van der Waals surface area contributed by atoms with Crippen LogP contribution in [-0.2, 0) is 6.42 Å². The van der Waals surface area contributed by atoms with Crippen LogP contribution in [0.2, 0.25) is 0 Å². The lowest BCUT2D eigenvalue weighted by Crippen LogP contribution is -2.15. The molecule has 0 aliphatic carbocycles. The fourth-order valence-corrected chi connectivity index (χ4v) is 1.62. The topological polar surface area (TPSA) is 68.0 Å². The number of nitrogen functional groups attached to an aromatic ring is 1. The molecule has 4 heteroatoms. The Hall–Kier alpha value is -2.36. The number of carbonyl (C=O) groups is 1. The number of aryl methyl sites for hydroxylation is 1. The minimum absolute atomic E-state index is 0.247. The van der Waals surface area contributed by atoms with E-state index in [0.29, 0.717) is 5.69 Å². The van der Waals surface area contributed by atoms with Crippen molar-refractivity contribution in [2.75, 3.05) is 11.1 Å². The molecular formula is C14H15N3O. The smallest absolute Gasteiger partial charge is 0.276 e. The summed E-state index contributed by atoms with van der Waals surface area (Å²) < 4.78 is 0. The number of hydrogen-bond donors (Lipinski definition) is 2. The van der Waals surface area contributed by atoms with E-state index in [9.17, 15) is 4.79 Å². The van der Waals surface area contributed by atoms with Gasteiger partial charge in [-0.2, -0.15) is 0 Å². The molecule has 0 fully saturated rings. The van der Waals surface area contributed by atoms with Crippen LogP contribution in [0.1, 0.15) is 23.0 Å². The quantitative estimate of drug-likeness (QED) is 0.867. The number of nitrogens with zero attached hydrogens (tertiary/aromatic N) is 1. The highest BCUT2D eigenvalue weighted by molar-refractivity contribution is 6.06. The normalized spacial score (nSPS) is 10.1. The highest BCUT2D eigenvalue weighted by Crippen LogP contribution is 2.13. The lowest BCUT2D eigenvalue weighted by Gasteiger charge is -2.07. The Morgan fingerprint density at radius 2 is 2.00 bits per heavy atom. The SMILES string of the molecule is CCc1ccc(NC(=O)c2ncccc2N)cc1. The van der Waals surface area contributed by atoms with Gasteiger partial charge in [0.2, 0.25) is 0 Å². The lowest BCUT2D eigenvalue weighted by molar-refractivity contribution is 0.102. The van der Waals surface area contributed by atoms with Gasteiger partial charge in [0.25, 0.3) is 5.91 Å². The zero-order valence-electron chi connectivity index (χ0n) is 10.2. The number of benzene rings is 1. The maximum Gasteiger partial charge on any atom is 0.276 e. The van der Waals surface area contributed by atoms with Crippen molar-refractivity contribution < 1.29 is 4.79 Å². The standard InChI is InChI=1S/C14H15N3O/c1-2-10-5-7-11(8-6-10)17-14(18)13-12(15)4-3-9-16-13/h3-9H,2,15H2,1H3,(H,17,18). The van der Waals surface area contributed by atoms with Crippen molar-refractivity contribution in [3.8, 4) is 0 Å². The second kappa shape index (κ2) is 5.31. The van der Waals surface area contributed by atoms with Crippen LogP contribution in [0.15, 0.2) is 42.6 Å². The van der Waals surface area contributed by atoms with Crippen molar-refractivity contribution in [3.05, 3.63) is 53.9 Å². The van der Waals surface area contributed by atoms with Gasteiger partial charge < -0.3 is 11.1 Å². The molecule has 1 aromatic carbocycles. The third-order valence-corrected chi connectivity index (χ3v) is 2.67. The summed E-state index contributed by atoms with van der Waals surface area (Å²) in [4.78, 5) is 15.9. The molecule has 0 saturated heterocycles. The molecule has 92 valence electrons. The number of aromatic nitrogens is 1.